The molecule has 0 aromatic heterocycles. The maximum absolute atomic E-state index is 12.6. The molecule has 1 aromatic rings. The number of amides is 1. The molecule has 0 heterocycles. The Bertz CT molecular complexity index is 472. The summed E-state index contributed by atoms with van der Waals surface area (Å²) in [5, 5.41) is 2.95. The summed E-state index contributed by atoms with van der Waals surface area (Å²) in [5.41, 5.74) is -0.0228. The van der Waals surface area contributed by atoms with Gasteiger partial charge in [0, 0.05) is 12.3 Å². The number of anilines is 1. The molecule has 0 aliphatic carbocycles. The zero-order valence-electron chi connectivity index (χ0n) is 15.1. The van der Waals surface area contributed by atoms with Crippen LogP contribution in [-0.4, -0.2) is 24.2 Å². The average molecular weight is 321 g/mol. The highest BCUT2D eigenvalue weighted by atomic mass is 16.5. The van der Waals surface area contributed by atoms with Crippen LogP contribution < -0.4 is 10.1 Å². The van der Waals surface area contributed by atoms with Gasteiger partial charge in [0.2, 0.25) is 0 Å². The van der Waals surface area contributed by atoms with E-state index in [2.05, 4.69) is 19.2 Å². The van der Waals surface area contributed by atoms with E-state index in [0.717, 1.165) is 30.7 Å². The molecule has 0 fully saturated rings. The van der Waals surface area contributed by atoms with E-state index in [-0.39, 0.29) is 12.0 Å². The monoisotopic (exact) mass is 321 g/mol. The van der Waals surface area contributed by atoms with Crippen molar-refractivity contribution < 1.29 is 14.3 Å². The number of benzene rings is 1. The first-order chi connectivity index (χ1) is 10.9. The third-order valence-electron chi connectivity index (χ3n) is 3.86. The average Bonchev–Trinajstić information content (AvgIpc) is 2.54. The fourth-order valence-corrected chi connectivity index (χ4v) is 2.25. The molecule has 1 amide bonds. The summed E-state index contributed by atoms with van der Waals surface area (Å²) < 4.78 is 11.6. The summed E-state index contributed by atoms with van der Waals surface area (Å²) in [6.45, 7) is 10.7. The molecule has 0 aliphatic heterocycles. The van der Waals surface area contributed by atoms with Crippen LogP contribution in [0.5, 0.6) is 5.75 Å². The van der Waals surface area contributed by atoms with Crippen molar-refractivity contribution in [2.45, 2.75) is 72.0 Å². The highest BCUT2D eigenvalue weighted by molar-refractivity contribution is 5.97. The van der Waals surface area contributed by atoms with Crippen molar-refractivity contribution in [2.24, 2.45) is 0 Å². The maximum Gasteiger partial charge on any atom is 0.256 e. The molecule has 4 heteroatoms. The van der Waals surface area contributed by atoms with E-state index in [4.69, 9.17) is 9.47 Å². The second-order valence-electron chi connectivity index (χ2n) is 6.14. The molecular formula is C19H31NO3. The minimum Gasteiger partial charge on any atom is -0.491 e. The Morgan fingerprint density at radius 1 is 1.17 bits per heavy atom. The van der Waals surface area contributed by atoms with Gasteiger partial charge in [0.1, 0.15) is 11.4 Å². The molecule has 130 valence electrons. The topological polar surface area (TPSA) is 47.6 Å². The first-order valence-corrected chi connectivity index (χ1v) is 8.67. The van der Waals surface area contributed by atoms with Crippen LogP contribution >= 0.6 is 0 Å². The van der Waals surface area contributed by atoms with E-state index in [9.17, 15) is 4.79 Å². The van der Waals surface area contributed by atoms with E-state index in [0.29, 0.717) is 13.0 Å². The SMILES string of the molecule is CCCO[C@@](C)(CCC)C(=O)Nc1ccc(O[C@@H](C)CC)cc1. The highest BCUT2D eigenvalue weighted by Gasteiger charge is 2.33. The number of ether oxygens (including phenoxy) is 2. The summed E-state index contributed by atoms with van der Waals surface area (Å²) in [6, 6.07) is 7.49. The lowest BCUT2D eigenvalue weighted by atomic mass is 9.99. The predicted molar refractivity (Wildman–Crippen MR) is 95.0 cm³/mol. The van der Waals surface area contributed by atoms with E-state index in [1.165, 1.54) is 0 Å². The van der Waals surface area contributed by atoms with Crippen LogP contribution in [-0.2, 0) is 9.53 Å². The molecule has 0 radical (unpaired) electrons. The van der Waals surface area contributed by atoms with Gasteiger partial charge >= 0.3 is 0 Å². The van der Waals surface area contributed by atoms with Gasteiger partial charge in [0.05, 0.1) is 6.10 Å². The zero-order chi connectivity index (χ0) is 17.3. The van der Waals surface area contributed by atoms with Gasteiger partial charge in [-0.3, -0.25) is 4.79 Å². The van der Waals surface area contributed by atoms with Crippen LogP contribution in [0.3, 0.4) is 0 Å². The molecule has 1 N–H and O–H groups in total. The summed E-state index contributed by atoms with van der Waals surface area (Å²) in [5.74, 6) is 0.722. The fourth-order valence-electron chi connectivity index (χ4n) is 2.25. The molecule has 0 spiro atoms. The zero-order valence-corrected chi connectivity index (χ0v) is 15.1. The number of nitrogens with one attached hydrogen (secondary N) is 1. The van der Waals surface area contributed by atoms with Gasteiger partial charge in [-0.25, -0.2) is 0 Å². The molecule has 2 atom stereocenters. The molecule has 1 aromatic carbocycles. The van der Waals surface area contributed by atoms with Crippen molar-refractivity contribution >= 4 is 11.6 Å². The Balaban J connectivity index is 2.70. The van der Waals surface area contributed by atoms with Gasteiger partial charge < -0.3 is 14.8 Å². The summed E-state index contributed by atoms with van der Waals surface area (Å²) in [7, 11) is 0. The number of rotatable bonds is 10. The summed E-state index contributed by atoms with van der Waals surface area (Å²) in [6.07, 6.45) is 3.64. The lowest BCUT2D eigenvalue weighted by molar-refractivity contribution is -0.140. The van der Waals surface area contributed by atoms with Gasteiger partial charge in [-0.15, -0.1) is 0 Å². The minimum atomic E-state index is -0.781. The van der Waals surface area contributed by atoms with Crippen LogP contribution in [0.1, 0.15) is 60.3 Å². The lowest BCUT2D eigenvalue weighted by Gasteiger charge is -2.28. The molecular weight excluding hydrogens is 290 g/mol. The van der Waals surface area contributed by atoms with Crippen LogP contribution in [0.15, 0.2) is 24.3 Å². The Labute approximate surface area is 140 Å². The first kappa shape index (κ1) is 19.5. The van der Waals surface area contributed by atoms with Gasteiger partial charge in [0.25, 0.3) is 5.91 Å². The van der Waals surface area contributed by atoms with Gasteiger partial charge in [-0.1, -0.05) is 27.2 Å². The van der Waals surface area contributed by atoms with E-state index in [1.54, 1.807) is 0 Å². The van der Waals surface area contributed by atoms with Gasteiger partial charge in [-0.05, 0) is 57.4 Å². The standard InChI is InChI=1S/C19H31NO3/c1-6-13-19(5,22-14-7-2)18(21)20-16-9-11-17(12-10-16)23-15(4)8-3/h9-12,15H,6-8,13-14H2,1-5H3,(H,20,21)/t15-,19-/m0/s1. The van der Waals surface area contributed by atoms with Crippen LogP contribution in [0.25, 0.3) is 0 Å². The fraction of sp³-hybridized carbons (Fsp3) is 0.632. The van der Waals surface area contributed by atoms with E-state index in [1.807, 2.05) is 45.0 Å². The minimum absolute atomic E-state index is 0.0941. The van der Waals surface area contributed by atoms with Crippen molar-refractivity contribution in [2.75, 3.05) is 11.9 Å². The summed E-state index contributed by atoms with van der Waals surface area (Å²) in [4.78, 5) is 12.6. The Morgan fingerprint density at radius 2 is 1.83 bits per heavy atom. The van der Waals surface area contributed by atoms with E-state index < -0.39 is 5.60 Å². The second kappa shape index (κ2) is 9.56. The van der Waals surface area contributed by atoms with Crippen molar-refractivity contribution in [3.8, 4) is 5.75 Å². The van der Waals surface area contributed by atoms with E-state index >= 15 is 0 Å². The smallest absolute Gasteiger partial charge is 0.256 e. The Morgan fingerprint density at radius 3 is 2.35 bits per heavy atom. The van der Waals surface area contributed by atoms with Crippen LogP contribution in [0.2, 0.25) is 0 Å². The van der Waals surface area contributed by atoms with Gasteiger partial charge in [0.15, 0.2) is 0 Å². The molecule has 0 saturated heterocycles. The second-order valence-corrected chi connectivity index (χ2v) is 6.14. The van der Waals surface area contributed by atoms with Gasteiger partial charge in [-0.2, -0.15) is 0 Å². The molecule has 0 bridgehead atoms. The van der Waals surface area contributed by atoms with Crippen LogP contribution in [0, 0.1) is 0 Å². The van der Waals surface area contributed by atoms with Crippen molar-refractivity contribution in [1.82, 2.24) is 0 Å². The number of carbonyl (C=O) groups is 1. The van der Waals surface area contributed by atoms with Crippen molar-refractivity contribution in [1.29, 1.82) is 0 Å². The maximum atomic E-state index is 12.6. The summed E-state index contributed by atoms with van der Waals surface area (Å²) >= 11 is 0. The quantitative estimate of drug-likeness (QED) is 0.674. The molecule has 4 nitrogen and oxygen atoms in total. The largest absolute Gasteiger partial charge is 0.491 e. The normalized spacial score (nSPS) is 14.8. The molecule has 23 heavy (non-hydrogen) atoms. The molecule has 0 aliphatic rings. The number of hydrogen-bond acceptors (Lipinski definition) is 3. The van der Waals surface area contributed by atoms with Crippen LogP contribution in [0.4, 0.5) is 5.69 Å². The Hall–Kier alpha value is -1.55. The lowest BCUT2D eigenvalue weighted by Crippen LogP contribution is -2.43. The number of hydrogen-bond donors (Lipinski definition) is 1. The molecule has 0 saturated carbocycles. The number of carbonyl (C=O) groups excluding carboxylic acids is 1. The molecule has 1 rings (SSSR count). The van der Waals surface area contributed by atoms with Crippen molar-refractivity contribution in [3.63, 3.8) is 0 Å². The third-order valence-corrected chi connectivity index (χ3v) is 3.86. The third kappa shape index (κ3) is 6.22. The van der Waals surface area contributed by atoms with Crippen molar-refractivity contribution in [3.05, 3.63) is 24.3 Å². The first-order valence-electron chi connectivity index (χ1n) is 8.67. The predicted octanol–water partition coefficient (Wildman–Crippen LogP) is 4.79. The highest BCUT2D eigenvalue weighted by Crippen LogP contribution is 2.23. The molecule has 0 unspecified atom stereocenters. The Kier molecular flexibility index (Phi) is 8.10.